The summed E-state index contributed by atoms with van der Waals surface area (Å²) in [4.78, 5) is 56.8. The highest BCUT2D eigenvalue weighted by Crippen LogP contribution is 2.17. The van der Waals surface area contributed by atoms with E-state index in [0.717, 1.165) is 5.56 Å². The van der Waals surface area contributed by atoms with Crippen LogP contribution in [0.25, 0.3) is 0 Å². The van der Waals surface area contributed by atoms with Gasteiger partial charge in [-0.3, -0.25) is 29.1 Å². The number of esters is 3. The molecule has 18 heteroatoms. The molecule has 314 valence electrons. The van der Waals surface area contributed by atoms with E-state index in [1.165, 1.54) is 21.3 Å². The lowest BCUT2D eigenvalue weighted by Gasteiger charge is -2.38. The molecule has 2 unspecified atom stereocenters. The van der Waals surface area contributed by atoms with E-state index in [-0.39, 0.29) is 58.8 Å². The standard InChI is InChI=1S/C37H62N4O14/c1-5-53-21-22-54-23-24-55-29-11-9-28(10-12-29)7-6-8-30(34(45)46)38-13-15-39(31(25-42)35(47)50-2)17-19-41(33(27-44)37(49)52-4)20-18-40(16-14-38)32(26-43)36(48)51-3/h9-12,30-33,42-44H,5-8,13-27H2,1-4H3,(H,45,46)/p+1/t30-,31-,32?,33-/m1/s1. The highest BCUT2D eigenvalue weighted by molar-refractivity contribution is 5.76. The number of quaternary nitrogens is 1. The van der Waals surface area contributed by atoms with Crippen LogP contribution in [0.5, 0.6) is 5.75 Å². The zero-order chi connectivity index (χ0) is 40.6. The number of aliphatic hydroxyl groups excluding tert-OH is 3. The van der Waals surface area contributed by atoms with Crippen molar-refractivity contribution in [1.82, 2.24) is 14.7 Å². The quantitative estimate of drug-likeness (QED) is 0.0433. The molecule has 0 bridgehead atoms. The van der Waals surface area contributed by atoms with Crippen molar-refractivity contribution in [2.75, 3.05) is 127 Å². The molecule has 1 saturated heterocycles. The van der Waals surface area contributed by atoms with Gasteiger partial charge in [-0.1, -0.05) is 12.1 Å². The number of carbonyl (C=O) groups is 4. The maximum absolute atomic E-state index is 12.9. The molecule has 0 aromatic heterocycles. The van der Waals surface area contributed by atoms with E-state index < -0.39 is 67.9 Å². The molecule has 5 atom stereocenters. The smallest absolute Gasteiger partial charge is 0.367 e. The molecule has 0 aliphatic carbocycles. The summed E-state index contributed by atoms with van der Waals surface area (Å²) in [6.07, 6.45) is 1.43. The minimum absolute atomic E-state index is 0.121. The van der Waals surface area contributed by atoms with Gasteiger partial charge in [0.2, 0.25) is 6.04 Å². The molecule has 18 nitrogen and oxygen atoms in total. The van der Waals surface area contributed by atoms with Gasteiger partial charge in [0, 0.05) is 45.9 Å². The third-order valence-corrected chi connectivity index (χ3v) is 9.79. The Morgan fingerprint density at radius 3 is 1.64 bits per heavy atom. The van der Waals surface area contributed by atoms with Crippen LogP contribution < -0.4 is 9.64 Å². The number of hydrogen-bond donors (Lipinski definition) is 5. The Balaban J connectivity index is 2.29. The zero-order valence-corrected chi connectivity index (χ0v) is 32.8. The maximum atomic E-state index is 12.9. The van der Waals surface area contributed by atoms with Gasteiger partial charge in [0.1, 0.15) is 37.1 Å². The van der Waals surface area contributed by atoms with Crippen molar-refractivity contribution in [3.8, 4) is 5.75 Å². The van der Waals surface area contributed by atoms with Crippen molar-refractivity contribution < 1.29 is 72.9 Å². The largest absolute Gasteiger partial charge is 0.491 e. The number of aliphatic hydroxyl groups is 3. The number of methoxy groups -OCH3 is 3. The fourth-order valence-corrected chi connectivity index (χ4v) is 6.59. The summed E-state index contributed by atoms with van der Waals surface area (Å²) in [5, 5.41) is 41.2. The van der Waals surface area contributed by atoms with Crippen LogP contribution in [0.15, 0.2) is 24.3 Å². The highest BCUT2D eigenvalue weighted by Gasteiger charge is 2.36. The number of hydrogen-bond acceptors (Lipinski definition) is 16. The molecule has 0 amide bonds. The Hall–Kier alpha value is -3.46. The normalized spacial score (nSPS) is 18.9. The van der Waals surface area contributed by atoms with Crippen LogP contribution >= 0.6 is 0 Å². The van der Waals surface area contributed by atoms with Gasteiger partial charge < -0.3 is 53.7 Å². The van der Waals surface area contributed by atoms with Gasteiger partial charge in [-0.2, -0.15) is 0 Å². The van der Waals surface area contributed by atoms with E-state index in [4.69, 9.17) is 28.4 Å². The Labute approximate surface area is 323 Å². The number of aryl methyl sites for hydroxylation is 1. The van der Waals surface area contributed by atoms with Gasteiger partial charge in [0.15, 0.2) is 0 Å². The maximum Gasteiger partial charge on any atom is 0.367 e. The van der Waals surface area contributed by atoms with Gasteiger partial charge >= 0.3 is 23.9 Å². The van der Waals surface area contributed by atoms with Crippen molar-refractivity contribution in [3.63, 3.8) is 0 Å². The predicted molar refractivity (Wildman–Crippen MR) is 198 cm³/mol. The fraction of sp³-hybridized carbons (Fsp3) is 0.730. The fourth-order valence-electron chi connectivity index (χ4n) is 6.59. The summed E-state index contributed by atoms with van der Waals surface area (Å²) in [6, 6.07) is 3.50. The number of rotatable bonds is 23. The lowest BCUT2D eigenvalue weighted by molar-refractivity contribution is -0.916. The zero-order valence-electron chi connectivity index (χ0n) is 32.8. The minimum Gasteiger partial charge on any atom is -0.491 e. The van der Waals surface area contributed by atoms with E-state index in [1.807, 2.05) is 31.2 Å². The molecule has 1 heterocycles. The second-order valence-corrected chi connectivity index (χ2v) is 13.0. The SMILES string of the molecule is CCOCCOCCOc1ccc(CCC[C@H](C(=O)O)N2CCN([C@H](CO)C(=O)OC)CCN([C@H](CO)C(=O)OC)CC[NH+](C(CO)C(=O)OC)CC2)cc1. The summed E-state index contributed by atoms with van der Waals surface area (Å²) in [5.41, 5.74) is 1.00. The molecule has 1 aliphatic rings. The molecule has 2 rings (SSSR count). The number of carboxylic acids is 1. The van der Waals surface area contributed by atoms with Crippen LogP contribution in [0.4, 0.5) is 0 Å². The first-order chi connectivity index (χ1) is 26.6. The minimum atomic E-state index is -1.08. The third-order valence-electron chi connectivity index (χ3n) is 9.79. The second-order valence-electron chi connectivity index (χ2n) is 13.0. The third kappa shape index (κ3) is 16.3. The van der Waals surface area contributed by atoms with E-state index >= 15 is 0 Å². The number of carbonyl (C=O) groups excluding carboxylic acids is 3. The van der Waals surface area contributed by atoms with Crippen molar-refractivity contribution in [1.29, 1.82) is 0 Å². The first kappa shape index (κ1) is 47.7. The monoisotopic (exact) mass is 787 g/mol. The Bertz CT molecular complexity index is 1220. The first-order valence-corrected chi connectivity index (χ1v) is 18.8. The van der Waals surface area contributed by atoms with Crippen molar-refractivity contribution >= 4 is 23.9 Å². The number of ether oxygens (including phenoxy) is 6. The molecule has 1 aromatic carbocycles. The number of nitrogens with one attached hydrogen (secondary N) is 1. The number of aliphatic carboxylic acids is 1. The molecule has 1 aromatic rings. The van der Waals surface area contributed by atoms with E-state index in [0.29, 0.717) is 56.5 Å². The molecule has 0 saturated carbocycles. The van der Waals surface area contributed by atoms with E-state index in [2.05, 4.69) is 0 Å². The van der Waals surface area contributed by atoms with Gasteiger partial charge in [0.05, 0.1) is 67.5 Å². The summed E-state index contributed by atoms with van der Waals surface area (Å²) >= 11 is 0. The van der Waals surface area contributed by atoms with E-state index in [1.54, 1.807) is 14.7 Å². The molecule has 0 spiro atoms. The molecular formula is C37H63N4O14+. The topological polar surface area (TPSA) is 219 Å². The average molecular weight is 788 g/mol. The molecule has 0 radical (unpaired) electrons. The second kappa shape index (κ2) is 27.2. The summed E-state index contributed by atoms with van der Waals surface area (Å²) in [7, 11) is 3.63. The first-order valence-electron chi connectivity index (χ1n) is 18.8. The predicted octanol–water partition coefficient (Wildman–Crippen LogP) is -2.70. The van der Waals surface area contributed by atoms with Crippen LogP contribution in [-0.4, -0.2) is 210 Å². The van der Waals surface area contributed by atoms with Gasteiger partial charge in [0.25, 0.3) is 0 Å². The molecule has 55 heavy (non-hydrogen) atoms. The molecule has 1 aliphatic heterocycles. The lowest BCUT2D eigenvalue weighted by Crippen LogP contribution is -3.18. The molecule has 5 N–H and O–H groups in total. The van der Waals surface area contributed by atoms with Gasteiger partial charge in [-0.25, -0.2) is 4.79 Å². The Kier molecular flexibility index (Phi) is 23.6. The van der Waals surface area contributed by atoms with Crippen LogP contribution in [0.3, 0.4) is 0 Å². The lowest BCUT2D eigenvalue weighted by atomic mass is 10.0. The van der Waals surface area contributed by atoms with Crippen LogP contribution in [0.1, 0.15) is 25.3 Å². The van der Waals surface area contributed by atoms with E-state index in [9.17, 15) is 39.6 Å². The van der Waals surface area contributed by atoms with Crippen molar-refractivity contribution in [2.24, 2.45) is 0 Å². The average Bonchev–Trinajstić information content (AvgIpc) is 3.19. The number of nitrogens with zero attached hydrogens (tertiary/aromatic N) is 3. The summed E-state index contributed by atoms with van der Waals surface area (Å²) in [5.74, 6) is -2.37. The van der Waals surface area contributed by atoms with Crippen molar-refractivity contribution in [2.45, 2.75) is 50.4 Å². The highest BCUT2D eigenvalue weighted by atomic mass is 16.5. The number of benzene rings is 1. The van der Waals surface area contributed by atoms with Gasteiger partial charge in [-0.05, 0) is 43.9 Å². The number of carboxylic acid groups (broad SMARTS) is 1. The molecule has 1 fully saturated rings. The molecular weight excluding hydrogens is 724 g/mol. The summed E-state index contributed by atoms with van der Waals surface area (Å²) in [6.45, 7) is 4.01. The van der Waals surface area contributed by atoms with Crippen LogP contribution in [-0.2, 0) is 49.3 Å². The Morgan fingerprint density at radius 1 is 0.673 bits per heavy atom. The Morgan fingerprint density at radius 2 is 1.16 bits per heavy atom. The van der Waals surface area contributed by atoms with Gasteiger partial charge in [-0.15, -0.1) is 0 Å². The summed E-state index contributed by atoms with van der Waals surface area (Å²) < 4.78 is 31.3. The van der Waals surface area contributed by atoms with Crippen LogP contribution in [0.2, 0.25) is 0 Å². The van der Waals surface area contributed by atoms with Crippen molar-refractivity contribution in [3.05, 3.63) is 29.8 Å². The van der Waals surface area contributed by atoms with Crippen LogP contribution in [0, 0.1) is 0 Å².